The molecule has 0 radical (unpaired) electrons. The van der Waals surface area contributed by atoms with Gasteiger partial charge in [-0.1, -0.05) is 55.5 Å². The third-order valence-corrected chi connectivity index (χ3v) is 2.01. The number of fused-ring (bicyclic) bond motifs is 1. The number of nitrogens with one attached hydrogen (secondary N) is 1. The molecule has 2 rings (SSSR count). The lowest BCUT2D eigenvalue weighted by molar-refractivity contribution is 0.864. The molecular weight excluding hydrogens is 170 g/mol. The Balaban J connectivity index is 0.000000213. The van der Waals surface area contributed by atoms with E-state index in [2.05, 4.69) is 60.8 Å². The summed E-state index contributed by atoms with van der Waals surface area (Å²) in [6.07, 6.45) is 0. The molecule has 0 fully saturated rings. The van der Waals surface area contributed by atoms with E-state index in [9.17, 15) is 0 Å². The monoisotopic (exact) mass is 187 g/mol. The Bertz CT molecular complexity index is 301. The van der Waals surface area contributed by atoms with Crippen molar-refractivity contribution >= 4 is 10.8 Å². The molecule has 14 heavy (non-hydrogen) atoms. The maximum atomic E-state index is 2.93. The molecule has 0 heterocycles. The fraction of sp³-hybridized carbons (Fsp3) is 0.231. The van der Waals surface area contributed by atoms with Crippen LogP contribution < -0.4 is 5.32 Å². The molecule has 2 aromatic carbocycles. The minimum atomic E-state index is 1.07. The van der Waals surface area contributed by atoms with Crippen LogP contribution in [-0.4, -0.2) is 13.6 Å². The number of benzene rings is 2. The van der Waals surface area contributed by atoms with Crippen molar-refractivity contribution < 1.29 is 0 Å². The average molecular weight is 187 g/mol. The lowest BCUT2D eigenvalue weighted by Crippen LogP contribution is -2.01. The predicted molar refractivity (Wildman–Crippen MR) is 63.5 cm³/mol. The number of hydrogen-bond donors (Lipinski definition) is 1. The molecule has 1 nitrogen and oxygen atoms in total. The molecule has 0 aliphatic carbocycles. The van der Waals surface area contributed by atoms with E-state index >= 15 is 0 Å². The van der Waals surface area contributed by atoms with E-state index < -0.39 is 0 Å². The first-order chi connectivity index (χ1) is 6.88. The van der Waals surface area contributed by atoms with E-state index in [-0.39, 0.29) is 0 Å². The van der Waals surface area contributed by atoms with Gasteiger partial charge >= 0.3 is 0 Å². The van der Waals surface area contributed by atoms with Crippen molar-refractivity contribution in [3.05, 3.63) is 48.5 Å². The normalized spacial score (nSPS) is 9.29. The van der Waals surface area contributed by atoms with E-state index in [1.807, 2.05) is 7.05 Å². The van der Waals surface area contributed by atoms with Crippen LogP contribution in [0.4, 0.5) is 0 Å². The van der Waals surface area contributed by atoms with Crippen LogP contribution >= 0.6 is 0 Å². The van der Waals surface area contributed by atoms with Gasteiger partial charge in [0.05, 0.1) is 0 Å². The van der Waals surface area contributed by atoms with Crippen molar-refractivity contribution in [1.82, 2.24) is 5.32 Å². The van der Waals surface area contributed by atoms with E-state index in [1.165, 1.54) is 10.8 Å². The standard InChI is InChI=1S/C10H8.C3H9N/c1-2-6-10-8-4-3-7-9(10)5-1;1-3-4-2/h1-8H;4H,3H2,1-2H3. The first-order valence-electron chi connectivity index (χ1n) is 4.97. The van der Waals surface area contributed by atoms with Crippen LogP contribution in [0.3, 0.4) is 0 Å². The first kappa shape index (κ1) is 10.7. The SMILES string of the molecule is CCNC.c1ccc2ccccc2c1. The summed E-state index contributed by atoms with van der Waals surface area (Å²) in [6, 6.07) is 16.7. The summed E-state index contributed by atoms with van der Waals surface area (Å²) in [5.74, 6) is 0. The lowest BCUT2D eigenvalue weighted by Gasteiger charge is -1.92. The molecule has 74 valence electrons. The van der Waals surface area contributed by atoms with Gasteiger partial charge in [0.2, 0.25) is 0 Å². The van der Waals surface area contributed by atoms with Crippen molar-refractivity contribution in [3.8, 4) is 0 Å². The highest BCUT2D eigenvalue weighted by Gasteiger charge is 1.85. The first-order valence-corrected chi connectivity index (χ1v) is 4.97. The Morgan fingerprint density at radius 3 is 1.36 bits per heavy atom. The Morgan fingerprint density at radius 1 is 0.857 bits per heavy atom. The minimum Gasteiger partial charge on any atom is -0.320 e. The molecule has 0 saturated heterocycles. The molecule has 0 unspecified atom stereocenters. The third kappa shape index (κ3) is 3.19. The third-order valence-electron chi connectivity index (χ3n) is 2.01. The van der Waals surface area contributed by atoms with Gasteiger partial charge in [-0.25, -0.2) is 0 Å². The fourth-order valence-corrected chi connectivity index (χ4v) is 1.13. The number of hydrogen-bond acceptors (Lipinski definition) is 1. The maximum Gasteiger partial charge on any atom is -0.00804 e. The van der Waals surface area contributed by atoms with Crippen LogP contribution in [0.15, 0.2) is 48.5 Å². The Labute approximate surface area is 85.8 Å². The van der Waals surface area contributed by atoms with Crippen molar-refractivity contribution in [1.29, 1.82) is 0 Å². The molecular formula is C13H17N. The molecule has 0 aliphatic rings. The second-order valence-corrected chi connectivity index (χ2v) is 3.05. The highest BCUT2D eigenvalue weighted by atomic mass is 14.8. The zero-order chi connectivity index (χ0) is 10.2. The van der Waals surface area contributed by atoms with Gasteiger partial charge in [0.25, 0.3) is 0 Å². The molecule has 0 spiro atoms. The van der Waals surface area contributed by atoms with E-state index in [0.29, 0.717) is 0 Å². The Hall–Kier alpha value is -1.34. The maximum absolute atomic E-state index is 2.93. The van der Waals surface area contributed by atoms with Gasteiger partial charge in [-0.3, -0.25) is 0 Å². The molecule has 0 amide bonds. The summed E-state index contributed by atoms with van der Waals surface area (Å²) in [5.41, 5.74) is 0. The lowest BCUT2D eigenvalue weighted by atomic mass is 10.1. The Kier molecular flexibility index (Phi) is 4.73. The molecule has 0 bridgehead atoms. The molecule has 0 aliphatic heterocycles. The highest BCUT2D eigenvalue weighted by molar-refractivity contribution is 5.81. The molecule has 1 heteroatoms. The molecule has 1 N–H and O–H groups in total. The summed E-state index contributed by atoms with van der Waals surface area (Å²) < 4.78 is 0. The molecule has 2 aromatic rings. The average Bonchev–Trinajstić information content (AvgIpc) is 2.30. The van der Waals surface area contributed by atoms with Gasteiger partial charge in [0.15, 0.2) is 0 Å². The zero-order valence-corrected chi connectivity index (χ0v) is 8.83. The minimum absolute atomic E-state index is 1.07. The summed E-state index contributed by atoms with van der Waals surface area (Å²) in [5, 5.41) is 5.55. The fourth-order valence-electron chi connectivity index (χ4n) is 1.13. The van der Waals surface area contributed by atoms with Gasteiger partial charge in [0.1, 0.15) is 0 Å². The predicted octanol–water partition coefficient (Wildman–Crippen LogP) is 3.07. The van der Waals surface area contributed by atoms with Gasteiger partial charge in [-0.15, -0.1) is 0 Å². The van der Waals surface area contributed by atoms with Gasteiger partial charge in [0, 0.05) is 0 Å². The van der Waals surface area contributed by atoms with E-state index in [4.69, 9.17) is 0 Å². The molecule has 0 saturated carbocycles. The molecule has 0 atom stereocenters. The zero-order valence-electron chi connectivity index (χ0n) is 8.83. The van der Waals surface area contributed by atoms with Crippen molar-refractivity contribution in [3.63, 3.8) is 0 Å². The Morgan fingerprint density at radius 2 is 1.14 bits per heavy atom. The van der Waals surface area contributed by atoms with Crippen LogP contribution in [0.2, 0.25) is 0 Å². The van der Waals surface area contributed by atoms with Gasteiger partial charge in [-0.05, 0) is 24.4 Å². The van der Waals surface area contributed by atoms with Crippen molar-refractivity contribution in [2.45, 2.75) is 6.92 Å². The quantitative estimate of drug-likeness (QED) is 0.723. The van der Waals surface area contributed by atoms with Crippen LogP contribution in [0, 0.1) is 0 Å². The summed E-state index contributed by atoms with van der Waals surface area (Å²) in [4.78, 5) is 0. The smallest absolute Gasteiger partial charge is 0.00804 e. The van der Waals surface area contributed by atoms with Crippen LogP contribution in [-0.2, 0) is 0 Å². The van der Waals surface area contributed by atoms with E-state index in [0.717, 1.165) is 6.54 Å². The topological polar surface area (TPSA) is 12.0 Å². The second-order valence-electron chi connectivity index (χ2n) is 3.05. The van der Waals surface area contributed by atoms with Gasteiger partial charge in [-0.2, -0.15) is 0 Å². The van der Waals surface area contributed by atoms with Crippen molar-refractivity contribution in [2.24, 2.45) is 0 Å². The second kappa shape index (κ2) is 6.17. The van der Waals surface area contributed by atoms with Gasteiger partial charge < -0.3 is 5.32 Å². The number of rotatable bonds is 1. The van der Waals surface area contributed by atoms with Crippen molar-refractivity contribution in [2.75, 3.05) is 13.6 Å². The summed E-state index contributed by atoms with van der Waals surface area (Å²) in [7, 11) is 1.93. The summed E-state index contributed by atoms with van der Waals surface area (Å²) in [6.45, 7) is 3.14. The van der Waals surface area contributed by atoms with Crippen LogP contribution in [0.1, 0.15) is 6.92 Å². The van der Waals surface area contributed by atoms with E-state index in [1.54, 1.807) is 0 Å². The van der Waals surface area contributed by atoms with Crippen LogP contribution in [0.5, 0.6) is 0 Å². The highest BCUT2D eigenvalue weighted by Crippen LogP contribution is 2.11. The largest absolute Gasteiger partial charge is 0.320 e. The molecule has 0 aromatic heterocycles. The summed E-state index contributed by atoms with van der Waals surface area (Å²) >= 11 is 0. The van der Waals surface area contributed by atoms with Crippen LogP contribution in [0.25, 0.3) is 10.8 Å².